The van der Waals surface area contributed by atoms with E-state index in [2.05, 4.69) is 27.7 Å². The molecule has 4 bridgehead atoms. The van der Waals surface area contributed by atoms with Crippen molar-refractivity contribution in [1.82, 2.24) is 0 Å². The van der Waals surface area contributed by atoms with E-state index < -0.39 is 5.60 Å². The molecule has 0 aliphatic heterocycles. The number of aliphatic hydroxyl groups is 1. The van der Waals surface area contributed by atoms with Gasteiger partial charge in [-0.05, 0) is 60.7 Å². The lowest BCUT2D eigenvalue weighted by Crippen LogP contribution is -2.71. The second-order valence-electron chi connectivity index (χ2n) is 7.59. The fourth-order valence-electron chi connectivity index (χ4n) is 5.69. The van der Waals surface area contributed by atoms with Gasteiger partial charge in [0.15, 0.2) is 0 Å². The molecule has 0 heterocycles. The Labute approximate surface area is 99.6 Å². The maximum absolute atomic E-state index is 11.3. The smallest absolute Gasteiger partial charge is 0.0757 e. The fraction of sp³-hybridized carbons (Fsp3) is 1.00. The Kier molecular flexibility index (Phi) is 1.98. The van der Waals surface area contributed by atoms with Gasteiger partial charge in [-0.3, -0.25) is 0 Å². The molecule has 0 saturated heterocycles. The predicted molar refractivity (Wildman–Crippen MR) is 66.1 cm³/mol. The van der Waals surface area contributed by atoms with Crippen LogP contribution in [0.2, 0.25) is 0 Å². The molecular formula is C15H26O. The molecule has 4 saturated carbocycles. The molecule has 0 unspecified atom stereocenters. The SMILES string of the molecule is C[C@@H]1CC[C@@]2(O)C(C)(C)[C@@H]3CC[C@@]2(C)[C@H]1C3. The van der Waals surface area contributed by atoms with Crippen molar-refractivity contribution < 1.29 is 5.11 Å². The highest BCUT2D eigenvalue weighted by molar-refractivity contribution is 5.19. The topological polar surface area (TPSA) is 20.2 Å². The van der Waals surface area contributed by atoms with Crippen molar-refractivity contribution in [3.05, 3.63) is 0 Å². The third-order valence-electron chi connectivity index (χ3n) is 7.05. The molecule has 0 radical (unpaired) electrons. The molecule has 0 aromatic heterocycles. The molecule has 4 rings (SSSR count). The highest BCUT2D eigenvalue weighted by Crippen LogP contribution is 2.71. The minimum absolute atomic E-state index is 0.136. The summed E-state index contributed by atoms with van der Waals surface area (Å²) in [6.07, 6.45) is 6.23. The van der Waals surface area contributed by atoms with E-state index in [1.54, 1.807) is 0 Å². The van der Waals surface area contributed by atoms with Gasteiger partial charge in [-0.15, -0.1) is 0 Å². The molecule has 4 aliphatic carbocycles. The summed E-state index contributed by atoms with van der Waals surface area (Å²) in [7, 11) is 0. The molecule has 0 aromatic rings. The van der Waals surface area contributed by atoms with Crippen LogP contribution in [0.25, 0.3) is 0 Å². The monoisotopic (exact) mass is 222 g/mol. The van der Waals surface area contributed by atoms with Gasteiger partial charge in [-0.1, -0.05) is 27.7 Å². The summed E-state index contributed by atoms with van der Waals surface area (Å²) >= 11 is 0. The van der Waals surface area contributed by atoms with E-state index in [9.17, 15) is 5.11 Å². The van der Waals surface area contributed by atoms with Gasteiger partial charge in [0.1, 0.15) is 0 Å². The van der Waals surface area contributed by atoms with Gasteiger partial charge < -0.3 is 5.11 Å². The summed E-state index contributed by atoms with van der Waals surface area (Å²) in [5.74, 6) is 2.36. The van der Waals surface area contributed by atoms with Crippen molar-refractivity contribution in [2.24, 2.45) is 28.6 Å². The quantitative estimate of drug-likeness (QED) is 0.664. The van der Waals surface area contributed by atoms with Crippen LogP contribution < -0.4 is 0 Å². The average molecular weight is 222 g/mol. The van der Waals surface area contributed by atoms with Crippen LogP contribution >= 0.6 is 0 Å². The van der Waals surface area contributed by atoms with Crippen molar-refractivity contribution in [1.29, 1.82) is 0 Å². The van der Waals surface area contributed by atoms with E-state index in [4.69, 9.17) is 0 Å². The van der Waals surface area contributed by atoms with Gasteiger partial charge in [0.2, 0.25) is 0 Å². The number of fused-ring (bicyclic) bond motifs is 1. The van der Waals surface area contributed by atoms with Crippen molar-refractivity contribution in [2.45, 2.75) is 65.4 Å². The van der Waals surface area contributed by atoms with Crippen LogP contribution in [0.3, 0.4) is 0 Å². The maximum Gasteiger partial charge on any atom is 0.0757 e. The first-order chi connectivity index (χ1) is 7.33. The lowest BCUT2D eigenvalue weighted by molar-refractivity contribution is -0.291. The Morgan fingerprint density at radius 2 is 1.75 bits per heavy atom. The Balaban J connectivity index is 2.13. The standard InChI is InChI=1S/C15H26O/c1-10-5-8-15(16)13(2,3)11-6-7-14(15,4)12(10)9-11/h10-12,16H,5-9H2,1-4H3/t10-,11-,12+,14+,15-/m1/s1. The van der Waals surface area contributed by atoms with E-state index in [0.717, 1.165) is 24.2 Å². The molecule has 0 aromatic carbocycles. The summed E-state index contributed by atoms with van der Waals surface area (Å²) in [6.45, 7) is 9.43. The molecular weight excluding hydrogens is 196 g/mol. The van der Waals surface area contributed by atoms with E-state index in [1.807, 2.05) is 0 Å². The summed E-state index contributed by atoms with van der Waals surface area (Å²) in [6, 6.07) is 0. The van der Waals surface area contributed by atoms with Crippen LogP contribution in [0.4, 0.5) is 0 Å². The molecule has 5 atom stereocenters. The van der Waals surface area contributed by atoms with E-state index in [0.29, 0.717) is 0 Å². The van der Waals surface area contributed by atoms with Crippen molar-refractivity contribution in [2.75, 3.05) is 0 Å². The Morgan fingerprint density at radius 1 is 1.06 bits per heavy atom. The molecule has 92 valence electrons. The van der Waals surface area contributed by atoms with E-state index in [1.165, 1.54) is 25.7 Å². The molecule has 1 nitrogen and oxygen atoms in total. The molecule has 0 amide bonds. The Bertz CT molecular complexity index is 321. The van der Waals surface area contributed by atoms with Crippen LogP contribution in [0.1, 0.15) is 59.8 Å². The first kappa shape index (κ1) is 11.1. The summed E-state index contributed by atoms with van der Waals surface area (Å²) < 4.78 is 0. The Morgan fingerprint density at radius 3 is 2.44 bits per heavy atom. The minimum Gasteiger partial charge on any atom is -0.389 e. The molecule has 1 heteroatoms. The average Bonchev–Trinajstić information content (AvgIpc) is 2.22. The van der Waals surface area contributed by atoms with Crippen molar-refractivity contribution in [3.8, 4) is 0 Å². The zero-order valence-electron chi connectivity index (χ0n) is 11.2. The van der Waals surface area contributed by atoms with Crippen molar-refractivity contribution in [3.63, 3.8) is 0 Å². The molecule has 4 aliphatic rings. The molecule has 1 N–H and O–H groups in total. The highest BCUT2D eigenvalue weighted by atomic mass is 16.3. The second kappa shape index (κ2) is 2.85. The van der Waals surface area contributed by atoms with Crippen LogP contribution in [-0.4, -0.2) is 10.7 Å². The summed E-state index contributed by atoms with van der Waals surface area (Å²) in [4.78, 5) is 0. The Hall–Kier alpha value is -0.0400. The minimum atomic E-state index is -0.391. The summed E-state index contributed by atoms with van der Waals surface area (Å²) in [5.41, 5.74) is -0.0576. The largest absolute Gasteiger partial charge is 0.389 e. The van der Waals surface area contributed by atoms with Gasteiger partial charge in [0.05, 0.1) is 5.60 Å². The third-order valence-corrected chi connectivity index (χ3v) is 7.05. The van der Waals surface area contributed by atoms with E-state index in [-0.39, 0.29) is 10.8 Å². The van der Waals surface area contributed by atoms with Crippen LogP contribution in [-0.2, 0) is 0 Å². The van der Waals surface area contributed by atoms with Gasteiger partial charge in [-0.2, -0.15) is 0 Å². The number of hydrogen-bond donors (Lipinski definition) is 1. The van der Waals surface area contributed by atoms with Crippen molar-refractivity contribution >= 4 is 0 Å². The maximum atomic E-state index is 11.3. The van der Waals surface area contributed by atoms with Gasteiger partial charge in [0.25, 0.3) is 0 Å². The lowest BCUT2D eigenvalue weighted by atomic mass is 9.35. The fourth-order valence-corrected chi connectivity index (χ4v) is 5.69. The highest BCUT2D eigenvalue weighted by Gasteiger charge is 2.69. The van der Waals surface area contributed by atoms with E-state index >= 15 is 0 Å². The zero-order chi connectivity index (χ0) is 11.8. The number of hydrogen-bond acceptors (Lipinski definition) is 1. The van der Waals surface area contributed by atoms with Gasteiger partial charge in [-0.25, -0.2) is 0 Å². The van der Waals surface area contributed by atoms with Crippen LogP contribution in [0.5, 0.6) is 0 Å². The first-order valence-corrected chi connectivity index (χ1v) is 7.05. The molecule has 0 spiro atoms. The second-order valence-corrected chi connectivity index (χ2v) is 7.59. The molecule has 4 fully saturated rings. The third kappa shape index (κ3) is 0.939. The first-order valence-electron chi connectivity index (χ1n) is 7.05. The molecule has 16 heavy (non-hydrogen) atoms. The number of rotatable bonds is 0. The summed E-state index contributed by atoms with van der Waals surface area (Å²) in [5, 5.41) is 11.3. The van der Waals surface area contributed by atoms with Crippen LogP contribution in [0, 0.1) is 28.6 Å². The van der Waals surface area contributed by atoms with Gasteiger partial charge in [0, 0.05) is 0 Å². The van der Waals surface area contributed by atoms with Gasteiger partial charge >= 0.3 is 0 Å². The zero-order valence-corrected chi connectivity index (χ0v) is 11.2. The lowest BCUT2D eigenvalue weighted by Gasteiger charge is -2.71. The normalized spacial score (nSPS) is 58.7. The predicted octanol–water partition coefficient (Wildman–Crippen LogP) is 3.61. The van der Waals surface area contributed by atoms with Crippen LogP contribution in [0.15, 0.2) is 0 Å².